The highest BCUT2D eigenvalue weighted by Crippen LogP contribution is 2.44. The maximum atomic E-state index is 5.47. The minimum atomic E-state index is 0.223. The Bertz CT molecular complexity index is 612. The second kappa shape index (κ2) is 5.66. The molecule has 1 fully saturated rings. The molecule has 2 aromatic rings. The van der Waals surface area contributed by atoms with Crippen LogP contribution in [0.15, 0.2) is 12.1 Å². The first-order chi connectivity index (χ1) is 10.1. The lowest BCUT2D eigenvalue weighted by Gasteiger charge is -2.28. The first-order valence-corrected chi connectivity index (χ1v) is 8.13. The molecule has 4 nitrogen and oxygen atoms in total. The third-order valence-corrected chi connectivity index (χ3v) is 4.47. The van der Waals surface area contributed by atoms with Crippen molar-refractivity contribution in [2.75, 3.05) is 6.61 Å². The van der Waals surface area contributed by atoms with E-state index in [2.05, 4.69) is 23.8 Å². The Kier molecular flexibility index (Phi) is 3.87. The number of rotatable bonds is 5. The topological polar surface area (TPSA) is 50.8 Å². The third kappa shape index (κ3) is 2.76. The van der Waals surface area contributed by atoms with Gasteiger partial charge in [0.1, 0.15) is 5.82 Å². The third-order valence-electron chi connectivity index (χ3n) is 4.47. The summed E-state index contributed by atoms with van der Waals surface area (Å²) in [5.41, 5.74) is 2.02. The number of aromatic nitrogens is 3. The number of ether oxygens (including phenoxy) is 1. The number of hydrogen-bond acceptors (Lipinski definition) is 3. The number of H-pyrrole nitrogens is 1. The van der Waals surface area contributed by atoms with Crippen molar-refractivity contribution in [2.24, 2.45) is 5.92 Å². The van der Waals surface area contributed by atoms with Crippen LogP contribution in [0.2, 0.25) is 0 Å². The van der Waals surface area contributed by atoms with Gasteiger partial charge in [0, 0.05) is 11.5 Å². The molecule has 0 aromatic carbocycles. The number of nitrogens with zero attached hydrogens (tertiary/aromatic N) is 2. The van der Waals surface area contributed by atoms with Crippen LogP contribution < -0.4 is 4.74 Å². The summed E-state index contributed by atoms with van der Waals surface area (Å²) in [5, 5.41) is 0. The van der Waals surface area contributed by atoms with Crippen LogP contribution in [0, 0.1) is 5.92 Å². The summed E-state index contributed by atoms with van der Waals surface area (Å²) in [6.45, 7) is 7.20. The van der Waals surface area contributed by atoms with Gasteiger partial charge in [-0.25, -0.2) is 4.98 Å². The zero-order chi connectivity index (χ0) is 14.9. The number of fused-ring (bicyclic) bond motifs is 1. The van der Waals surface area contributed by atoms with E-state index in [0.717, 1.165) is 17.0 Å². The molecule has 0 radical (unpaired) electrons. The number of hydrogen-bond donors (Lipinski definition) is 1. The number of nitrogens with one attached hydrogen (secondary N) is 1. The van der Waals surface area contributed by atoms with E-state index in [9.17, 15) is 0 Å². The Hall–Kier alpha value is -1.58. The average molecular weight is 287 g/mol. The van der Waals surface area contributed by atoms with Crippen molar-refractivity contribution in [3.8, 4) is 5.88 Å². The minimum Gasteiger partial charge on any atom is -0.478 e. The lowest BCUT2D eigenvalue weighted by atomic mass is 9.78. The molecule has 0 unspecified atom stereocenters. The van der Waals surface area contributed by atoms with Crippen LogP contribution in [0.1, 0.15) is 58.7 Å². The molecule has 114 valence electrons. The van der Waals surface area contributed by atoms with Crippen LogP contribution in [0.5, 0.6) is 5.88 Å². The van der Waals surface area contributed by atoms with Crippen molar-refractivity contribution >= 4 is 11.2 Å². The zero-order valence-corrected chi connectivity index (χ0v) is 13.3. The first-order valence-electron chi connectivity index (χ1n) is 8.13. The van der Waals surface area contributed by atoms with Crippen molar-refractivity contribution < 1.29 is 4.74 Å². The molecule has 1 saturated carbocycles. The summed E-state index contributed by atoms with van der Waals surface area (Å²) < 4.78 is 5.47. The highest BCUT2D eigenvalue weighted by atomic mass is 16.5. The van der Waals surface area contributed by atoms with Crippen molar-refractivity contribution in [1.29, 1.82) is 0 Å². The summed E-state index contributed by atoms with van der Waals surface area (Å²) in [4.78, 5) is 12.8. The van der Waals surface area contributed by atoms with Gasteiger partial charge in [-0.15, -0.1) is 0 Å². The highest BCUT2D eigenvalue weighted by Gasteiger charge is 2.38. The van der Waals surface area contributed by atoms with Gasteiger partial charge in [-0.2, -0.15) is 4.98 Å². The molecule has 0 spiro atoms. The van der Waals surface area contributed by atoms with Gasteiger partial charge in [0.2, 0.25) is 5.88 Å². The fourth-order valence-electron chi connectivity index (χ4n) is 3.73. The van der Waals surface area contributed by atoms with E-state index in [1.165, 1.54) is 32.1 Å². The van der Waals surface area contributed by atoms with Crippen molar-refractivity contribution in [3.05, 3.63) is 18.0 Å². The van der Waals surface area contributed by atoms with Crippen molar-refractivity contribution in [2.45, 2.75) is 58.3 Å². The van der Waals surface area contributed by atoms with Crippen LogP contribution in [0.25, 0.3) is 11.2 Å². The van der Waals surface area contributed by atoms with Crippen LogP contribution >= 0.6 is 0 Å². The molecule has 0 atom stereocenters. The minimum absolute atomic E-state index is 0.223. The monoisotopic (exact) mass is 287 g/mol. The predicted molar refractivity (Wildman–Crippen MR) is 84.7 cm³/mol. The molecule has 0 saturated heterocycles. The van der Waals surface area contributed by atoms with Gasteiger partial charge in [0.25, 0.3) is 0 Å². The summed E-state index contributed by atoms with van der Waals surface area (Å²) >= 11 is 0. The Balaban J connectivity index is 1.98. The van der Waals surface area contributed by atoms with E-state index < -0.39 is 0 Å². The first kappa shape index (κ1) is 14.4. The van der Waals surface area contributed by atoms with Crippen molar-refractivity contribution in [3.63, 3.8) is 0 Å². The summed E-state index contributed by atoms with van der Waals surface area (Å²) in [6.07, 6.45) is 6.29. The second-order valence-corrected chi connectivity index (χ2v) is 6.62. The molecule has 4 heteroatoms. The summed E-state index contributed by atoms with van der Waals surface area (Å²) in [7, 11) is 0. The quantitative estimate of drug-likeness (QED) is 0.896. The normalized spacial score (nSPS) is 17.7. The van der Waals surface area contributed by atoms with E-state index >= 15 is 0 Å². The summed E-state index contributed by atoms with van der Waals surface area (Å²) in [5.74, 6) is 2.47. The molecule has 0 aliphatic heterocycles. The van der Waals surface area contributed by atoms with E-state index in [4.69, 9.17) is 9.72 Å². The van der Waals surface area contributed by atoms with Gasteiger partial charge in [-0.1, -0.05) is 26.7 Å². The zero-order valence-electron chi connectivity index (χ0n) is 13.3. The van der Waals surface area contributed by atoms with Crippen LogP contribution in [-0.4, -0.2) is 21.6 Å². The molecular formula is C17H25N3O. The second-order valence-electron chi connectivity index (χ2n) is 6.62. The highest BCUT2D eigenvalue weighted by molar-refractivity contribution is 5.71. The van der Waals surface area contributed by atoms with Gasteiger partial charge >= 0.3 is 0 Å². The summed E-state index contributed by atoms with van der Waals surface area (Å²) in [6, 6.07) is 3.94. The smallest absolute Gasteiger partial charge is 0.215 e. The predicted octanol–water partition coefficient (Wildman–Crippen LogP) is 4.21. The van der Waals surface area contributed by atoms with E-state index in [1.807, 2.05) is 19.1 Å². The van der Waals surface area contributed by atoms with Gasteiger partial charge in [-0.05, 0) is 38.2 Å². The van der Waals surface area contributed by atoms with Crippen molar-refractivity contribution in [1.82, 2.24) is 15.0 Å². The van der Waals surface area contributed by atoms with Crippen LogP contribution in [0.4, 0.5) is 0 Å². The fraction of sp³-hybridized carbons (Fsp3) is 0.647. The molecule has 2 aromatic heterocycles. The molecular weight excluding hydrogens is 262 g/mol. The standard InChI is InChI=1S/C17H25N3O/c1-4-21-14-8-7-13-15(19-14)20-16(18-13)17(11-12(2)3)9-5-6-10-17/h7-8,12H,4-6,9-11H2,1-3H3,(H,18,19,20). The number of imidazole rings is 1. The molecule has 0 amide bonds. The average Bonchev–Trinajstić information content (AvgIpc) is 3.05. The lowest BCUT2D eigenvalue weighted by Crippen LogP contribution is -2.25. The van der Waals surface area contributed by atoms with E-state index in [0.29, 0.717) is 18.4 Å². The molecule has 2 heterocycles. The van der Waals surface area contributed by atoms with Gasteiger partial charge in [0.05, 0.1) is 12.1 Å². The molecule has 1 aliphatic rings. The number of pyridine rings is 1. The Morgan fingerprint density at radius 2 is 2.00 bits per heavy atom. The Morgan fingerprint density at radius 3 is 2.67 bits per heavy atom. The van der Waals surface area contributed by atoms with Gasteiger partial charge in [-0.3, -0.25) is 0 Å². The maximum absolute atomic E-state index is 5.47. The maximum Gasteiger partial charge on any atom is 0.215 e. The molecule has 3 rings (SSSR count). The van der Waals surface area contributed by atoms with Gasteiger partial charge in [0.15, 0.2) is 5.65 Å². The van der Waals surface area contributed by atoms with Crippen LogP contribution in [-0.2, 0) is 5.41 Å². The largest absolute Gasteiger partial charge is 0.478 e. The number of aromatic amines is 1. The van der Waals surface area contributed by atoms with E-state index in [1.54, 1.807) is 0 Å². The van der Waals surface area contributed by atoms with Gasteiger partial charge < -0.3 is 9.72 Å². The fourth-order valence-corrected chi connectivity index (χ4v) is 3.73. The SMILES string of the molecule is CCOc1ccc2[nH]c(C3(CC(C)C)CCCC3)nc2n1. The Labute approximate surface area is 126 Å². The molecule has 21 heavy (non-hydrogen) atoms. The Morgan fingerprint density at radius 1 is 1.24 bits per heavy atom. The lowest BCUT2D eigenvalue weighted by molar-refractivity contribution is 0.327. The molecule has 0 bridgehead atoms. The molecule has 1 aliphatic carbocycles. The van der Waals surface area contributed by atoms with Crippen LogP contribution in [0.3, 0.4) is 0 Å². The molecule has 1 N–H and O–H groups in total. The van der Waals surface area contributed by atoms with E-state index in [-0.39, 0.29) is 5.41 Å².